The third-order valence-electron chi connectivity index (χ3n) is 6.07. The topological polar surface area (TPSA) is 114 Å². The van der Waals surface area contributed by atoms with Gasteiger partial charge in [-0.1, -0.05) is 12.1 Å². The van der Waals surface area contributed by atoms with E-state index >= 15 is 0 Å². The number of urea groups is 1. The zero-order chi connectivity index (χ0) is 23.1. The van der Waals surface area contributed by atoms with Crippen LogP contribution in [-0.4, -0.2) is 45.4 Å². The van der Waals surface area contributed by atoms with Gasteiger partial charge in [0.15, 0.2) is 0 Å². The van der Waals surface area contributed by atoms with Crippen LogP contribution in [0.5, 0.6) is 11.5 Å². The molecule has 2 N–H and O–H groups in total. The molecule has 2 fully saturated rings. The van der Waals surface area contributed by atoms with Crippen LogP contribution in [0.1, 0.15) is 36.9 Å². The minimum atomic E-state index is -3.88. The molecule has 0 unspecified atom stereocenters. The molecule has 2 heterocycles. The van der Waals surface area contributed by atoms with E-state index in [1.807, 2.05) is 24.3 Å². The molecule has 2 atom stereocenters. The number of ether oxygens (including phenoxy) is 2. The van der Waals surface area contributed by atoms with E-state index in [9.17, 15) is 18.0 Å². The summed E-state index contributed by atoms with van der Waals surface area (Å²) in [7, 11) is -0.883. The molecule has 170 valence electrons. The highest BCUT2D eigenvalue weighted by Crippen LogP contribution is 2.39. The fourth-order valence-electron chi connectivity index (χ4n) is 4.29. The van der Waals surface area contributed by atoms with Gasteiger partial charge in [-0.3, -0.25) is 10.1 Å². The van der Waals surface area contributed by atoms with Gasteiger partial charge in [0.1, 0.15) is 17.0 Å². The fourth-order valence-corrected chi connectivity index (χ4v) is 6.00. The van der Waals surface area contributed by atoms with Gasteiger partial charge in [-0.2, -0.15) is 4.31 Å². The van der Waals surface area contributed by atoms with Crippen LogP contribution in [0.2, 0.25) is 0 Å². The first-order valence-electron chi connectivity index (χ1n) is 10.2. The number of imide groups is 1. The van der Waals surface area contributed by atoms with E-state index in [1.54, 1.807) is 7.11 Å². The van der Waals surface area contributed by atoms with E-state index in [0.29, 0.717) is 24.5 Å². The molecule has 0 aromatic heterocycles. The van der Waals surface area contributed by atoms with E-state index in [2.05, 4.69) is 10.6 Å². The molecule has 32 heavy (non-hydrogen) atoms. The average molecular weight is 460 g/mol. The Morgan fingerprint density at radius 3 is 2.38 bits per heavy atom. The van der Waals surface area contributed by atoms with E-state index in [1.165, 1.54) is 36.5 Å². The number of hydrogen-bond acceptors (Lipinski definition) is 6. The number of amides is 3. The Balaban J connectivity index is 1.73. The predicted molar refractivity (Wildman–Crippen MR) is 116 cm³/mol. The van der Waals surface area contributed by atoms with Crippen LogP contribution in [0, 0.1) is 0 Å². The third-order valence-corrected chi connectivity index (χ3v) is 7.97. The Morgan fingerprint density at radius 2 is 1.78 bits per heavy atom. The molecule has 0 bridgehead atoms. The highest BCUT2D eigenvalue weighted by Gasteiger charge is 2.46. The van der Waals surface area contributed by atoms with Crippen molar-refractivity contribution in [3.63, 3.8) is 0 Å². The molecule has 0 saturated carbocycles. The predicted octanol–water partition coefficient (Wildman–Crippen LogP) is 2.28. The van der Waals surface area contributed by atoms with Crippen molar-refractivity contribution in [3.05, 3.63) is 53.6 Å². The molecule has 0 radical (unpaired) electrons. The van der Waals surface area contributed by atoms with Gasteiger partial charge in [-0.15, -0.1) is 0 Å². The number of rotatable bonds is 6. The Hall–Kier alpha value is -3.11. The number of carbonyl (C=O) groups is 2. The summed E-state index contributed by atoms with van der Waals surface area (Å²) in [6.07, 6.45) is 1.43. The maximum atomic E-state index is 13.6. The molecule has 4 rings (SSSR count). The quantitative estimate of drug-likeness (QED) is 0.641. The first-order valence-corrected chi connectivity index (χ1v) is 11.6. The Labute approximate surface area is 186 Å². The number of nitrogens with zero attached hydrogens (tertiary/aromatic N) is 1. The number of hydrogen-bond donors (Lipinski definition) is 2. The Kier molecular flexibility index (Phi) is 5.59. The van der Waals surface area contributed by atoms with Crippen molar-refractivity contribution in [2.75, 3.05) is 20.8 Å². The normalized spacial score (nSPS) is 23.7. The maximum absolute atomic E-state index is 13.6. The lowest BCUT2D eigenvalue weighted by Gasteiger charge is -2.27. The lowest BCUT2D eigenvalue weighted by molar-refractivity contribution is -0.123. The zero-order valence-corrected chi connectivity index (χ0v) is 18.9. The smallest absolute Gasteiger partial charge is 0.322 e. The molecule has 0 spiro atoms. The van der Waals surface area contributed by atoms with Crippen molar-refractivity contribution >= 4 is 22.0 Å². The van der Waals surface area contributed by atoms with Crippen molar-refractivity contribution in [1.29, 1.82) is 0 Å². The number of carbonyl (C=O) groups excluding carboxylic acids is 2. The molecule has 2 aliphatic heterocycles. The molecule has 0 aliphatic carbocycles. The number of nitrogens with one attached hydrogen (secondary N) is 2. The molecule has 2 aliphatic rings. The van der Waals surface area contributed by atoms with Crippen LogP contribution in [0.15, 0.2) is 47.4 Å². The lowest BCUT2D eigenvalue weighted by Crippen LogP contribution is -2.41. The lowest BCUT2D eigenvalue weighted by atomic mass is 9.91. The van der Waals surface area contributed by atoms with Gasteiger partial charge in [-0.25, -0.2) is 13.2 Å². The summed E-state index contributed by atoms with van der Waals surface area (Å²) in [6.45, 7) is 1.90. The van der Waals surface area contributed by atoms with Gasteiger partial charge >= 0.3 is 6.03 Å². The van der Waals surface area contributed by atoms with Crippen LogP contribution < -0.4 is 20.1 Å². The van der Waals surface area contributed by atoms with Gasteiger partial charge in [-0.05, 0) is 55.7 Å². The van der Waals surface area contributed by atoms with Crippen molar-refractivity contribution in [3.8, 4) is 11.5 Å². The van der Waals surface area contributed by atoms with Crippen molar-refractivity contribution in [2.24, 2.45) is 0 Å². The summed E-state index contributed by atoms with van der Waals surface area (Å²) < 4.78 is 39.3. The fraction of sp³-hybridized carbons (Fsp3) is 0.364. The van der Waals surface area contributed by atoms with Gasteiger partial charge in [0.25, 0.3) is 5.91 Å². The second-order valence-corrected chi connectivity index (χ2v) is 9.83. The van der Waals surface area contributed by atoms with Crippen LogP contribution in [0.3, 0.4) is 0 Å². The largest absolute Gasteiger partial charge is 0.497 e. The second kappa shape index (κ2) is 8.10. The summed E-state index contributed by atoms with van der Waals surface area (Å²) in [6, 6.07) is 10.8. The Bertz CT molecular complexity index is 1160. The number of benzene rings is 2. The van der Waals surface area contributed by atoms with Gasteiger partial charge in [0.05, 0.1) is 25.2 Å². The highest BCUT2D eigenvalue weighted by atomic mass is 32.2. The first-order chi connectivity index (χ1) is 15.2. The maximum Gasteiger partial charge on any atom is 0.322 e. The first kappa shape index (κ1) is 22.1. The second-order valence-electron chi connectivity index (χ2n) is 7.94. The van der Waals surface area contributed by atoms with E-state index in [0.717, 1.165) is 12.0 Å². The summed E-state index contributed by atoms with van der Waals surface area (Å²) in [5.41, 5.74) is -0.298. The highest BCUT2D eigenvalue weighted by molar-refractivity contribution is 7.89. The summed E-state index contributed by atoms with van der Waals surface area (Å²) in [5.74, 6) is 0.427. The number of sulfonamides is 1. The average Bonchev–Trinajstić information content (AvgIpc) is 3.38. The summed E-state index contributed by atoms with van der Waals surface area (Å²) in [4.78, 5) is 24.3. The van der Waals surface area contributed by atoms with Crippen molar-refractivity contribution < 1.29 is 27.5 Å². The van der Waals surface area contributed by atoms with Crippen LogP contribution >= 0.6 is 0 Å². The van der Waals surface area contributed by atoms with Gasteiger partial charge in [0.2, 0.25) is 10.0 Å². The van der Waals surface area contributed by atoms with Gasteiger partial charge < -0.3 is 14.8 Å². The molecule has 9 nitrogen and oxygen atoms in total. The summed E-state index contributed by atoms with van der Waals surface area (Å²) >= 11 is 0. The molecule has 2 aromatic carbocycles. The van der Waals surface area contributed by atoms with E-state index in [-0.39, 0.29) is 16.5 Å². The monoisotopic (exact) mass is 459 g/mol. The molecular formula is C22H25N3O6S. The van der Waals surface area contributed by atoms with Crippen molar-refractivity contribution in [1.82, 2.24) is 14.9 Å². The Morgan fingerprint density at radius 1 is 1.06 bits per heavy atom. The zero-order valence-electron chi connectivity index (χ0n) is 18.0. The van der Waals surface area contributed by atoms with E-state index < -0.39 is 27.5 Å². The SMILES string of the molecule is COc1ccc([C@H]2CCCN2S(=O)(=O)c2ccc(OC)c([C@@]3(C)NC(=O)NC3=O)c2)cc1. The summed E-state index contributed by atoms with van der Waals surface area (Å²) in [5, 5.41) is 4.76. The van der Waals surface area contributed by atoms with Crippen LogP contribution in [0.25, 0.3) is 0 Å². The van der Waals surface area contributed by atoms with Crippen molar-refractivity contribution in [2.45, 2.75) is 36.2 Å². The minimum absolute atomic E-state index is 0.0314. The molecular weight excluding hydrogens is 434 g/mol. The van der Waals surface area contributed by atoms with Crippen LogP contribution in [-0.2, 0) is 20.4 Å². The molecule has 2 saturated heterocycles. The minimum Gasteiger partial charge on any atom is -0.497 e. The molecule has 3 amide bonds. The molecule has 2 aromatic rings. The standard InChI is InChI=1S/C22H25N3O6S/c1-22(20(26)23-21(27)24-22)17-13-16(10-11-19(17)31-3)32(28,29)25-12-4-5-18(25)14-6-8-15(30-2)9-7-14/h6-11,13,18H,4-5,12H2,1-3H3,(H2,23,24,26,27)/t18-,22-/m1/s1. The van der Waals surface area contributed by atoms with E-state index in [4.69, 9.17) is 9.47 Å². The van der Waals surface area contributed by atoms with Gasteiger partial charge in [0, 0.05) is 12.1 Å². The van der Waals surface area contributed by atoms with Crippen LogP contribution in [0.4, 0.5) is 4.79 Å². The molecule has 10 heteroatoms. The third kappa shape index (κ3) is 3.59. The number of methoxy groups -OCH3 is 2.